The number of amides is 1. The molecule has 2 rings (SSSR count). The number of methoxy groups -OCH3 is 1. The summed E-state index contributed by atoms with van der Waals surface area (Å²) in [5, 5.41) is 2.75. The molecule has 6 nitrogen and oxygen atoms in total. The maximum atomic E-state index is 12.4. The number of nitrogens with one attached hydrogen (secondary N) is 1. The van der Waals surface area contributed by atoms with Crippen molar-refractivity contribution in [2.24, 2.45) is 5.92 Å². The average molecular weight is 369 g/mol. The van der Waals surface area contributed by atoms with Gasteiger partial charge in [0, 0.05) is 12.1 Å². The molecule has 0 bridgehead atoms. The molecule has 1 amide bonds. The summed E-state index contributed by atoms with van der Waals surface area (Å²) in [4.78, 5) is 36.3. The zero-order valence-corrected chi connectivity index (χ0v) is 15.4. The number of hydrogen-bond acceptors (Lipinski definition) is 5. The lowest BCUT2D eigenvalue weighted by atomic mass is 9.99. The Morgan fingerprint density at radius 1 is 1.00 bits per heavy atom. The number of ether oxygens (including phenoxy) is 2. The Labute approximate surface area is 158 Å². The van der Waals surface area contributed by atoms with E-state index in [-0.39, 0.29) is 30.6 Å². The van der Waals surface area contributed by atoms with Gasteiger partial charge in [0.15, 0.2) is 0 Å². The monoisotopic (exact) mass is 369 g/mol. The number of benzene rings is 2. The first kappa shape index (κ1) is 20.2. The summed E-state index contributed by atoms with van der Waals surface area (Å²) in [7, 11) is 1.28. The second-order valence-corrected chi connectivity index (χ2v) is 5.92. The van der Waals surface area contributed by atoms with E-state index in [1.54, 1.807) is 25.1 Å². The molecule has 0 aliphatic heterocycles. The van der Waals surface area contributed by atoms with Gasteiger partial charge in [-0.1, -0.05) is 36.4 Å². The molecule has 0 aliphatic rings. The summed E-state index contributed by atoms with van der Waals surface area (Å²) in [6.07, 6.45) is 0.460. The highest BCUT2D eigenvalue weighted by molar-refractivity contribution is 5.98. The summed E-state index contributed by atoms with van der Waals surface area (Å²) >= 11 is 0. The van der Waals surface area contributed by atoms with Crippen LogP contribution in [0.1, 0.15) is 33.2 Å². The quantitative estimate of drug-likeness (QED) is 0.724. The molecule has 1 atom stereocenters. The summed E-state index contributed by atoms with van der Waals surface area (Å²) in [6.45, 7) is 2.16. The molecule has 27 heavy (non-hydrogen) atoms. The first-order valence-electron chi connectivity index (χ1n) is 8.72. The van der Waals surface area contributed by atoms with Crippen molar-refractivity contribution < 1.29 is 23.9 Å². The molecule has 0 fully saturated rings. The summed E-state index contributed by atoms with van der Waals surface area (Å²) in [6, 6.07) is 15.8. The number of esters is 2. The van der Waals surface area contributed by atoms with Gasteiger partial charge in [-0.15, -0.1) is 0 Å². The number of hydrogen-bond donors (Lipinski definition) is 1. The minimum atomic E-state index is -0.516. The third-order valence-electron chi connectivity index (χ3n) is 4.00. The molecule has 2 aromatic carbocycles. The van der Waals surface area contributed by atoms with Crippen molar-refractivity contribution >= 4 is 17.8 Å². The maximum Gasteiger partial charge on any atom is 0.337 e. The van der Waals surface area contributed by atoms with Crippen LogP contribution in [0.15, 0.2) is 54.6 Å². The standard InChI is InChI=1S/C21H23NO5/c1-3-27-21(25)18(12-15-8-5-4-6-9-15)14-22-19(23)16-10-7-11-17(13-16)20(24)26-2/h4-11,13,18H,3,12,14H2,1-2H3,(H,22,23). The van der Waals surface area contributed by atoms with Crippen molar-refractivity contribution in [2.75, 3.05) is 20.3 Å². The Morgan fingerprint density at radius 3 is 2.37 bits per heavy atom. The lowest BCUT2D eigenvalue weighted by Gasteiger charge is -2.16. The minimum absolute atomic E-state index is 0.134. The van der Waals surface area contributed by atoms with Gasteiger partial charge in [-0.3, -0.25) is 9.59 Å². The maximum absolute atomic E-state index is 12.4. The fraction of sp³-hybridized carbons (Fsp3) is 0.286. The van der Waals surface area contributed by atoms with Gasteiger partial charge in [-0.25, -0.2) is 4.79 Å². The third kappa shape index (κ3) is 5.95. The Morgan fingerprint density at radius 2 is 1.70 bits per heavy atom. The van der Waals surface area contributed by atoms with E-state index in [0.717, 1.165) is 5.56 Å². The fourth-order valence-corrected chi connectivity index (χ4v) is 2.62. The second-order valence-electron chi connectivity index (χ2n) is 5.92. The molecule has 0 spiro atoms. The zero-order valence-electron chi connectivity index (χ0n) is 15.4. The van der Waals surface area contributed by atoms with Crippen molar-refractivity contribution in [3.8, 4) is 0 Å². The molecule has 1 unspecified atom stereocenters. The van der Waals surface area contributed by atoms with E-state index in [0.29, 0.717) is 12.0 Å². The van der Waals surface area contributed by atoms with Crippen LogP contribution in [-0.4, -0.2) is 38.1 Å². The van der Waals surface area contributed by atoms with Crippen LogP contribution in [-0.2, 0) is 20.7 Å². The molecule has 0 radical (unpaired) electrons. The molecule has 0 saturated heterocycles. The Kier molecular flexibility index (Phi) is 7.55. The Hall–Kier alpha value is -3.15. The van der Waals surface area contributed by atoms with E-state index in [2.05, 4.69) is 10.1 Å². The predicted octanol–water partition coefficient (Wildman–Crippen LogP) is 2.63. The Balaban J connectivity index is 2.06. The SMILES string of the molecule is CCOC(=O)C(CNC(=O)c1cccc(C(=O)OC)c1)Cc1ccccc1. The second kappa shape index (κ2) is 10.1. The van der Waals surface area contributed by atoms with E-state index >= 15 is 0 Å². The smallest absolute Gasteiger partial charge is 0.337 e. The van der Waals surface area contributed by atoms with Crippen molar-refractivity contribution in [1.29, 1.82) is 0 Å². The molecule has 1 N–H and O–H groups in total. The van der Waals surface area contributed by atoms with Gasteiger partial charge >= 0.3 is 11.9 Å². The largest absolute Gasteiger partial charge is 0.466 e. The Bertz CT molecular complexity index is 788. The molecule has 0 saturated carbocycles. The van der Waals surface area contributed by atoms with Crippen LogP contribution in [0.3, 0.4) is 0 Å². The van der Waals surface area contributed by atoms with Crippen LogP contribution in [0.2, 0.25) is 0 Å². The minimum Gasteiger partial charge on any atom is -0.466 e. The van der Waals surface area contributed by atoms with Gasteiger partial charge in [0.25, 0.3) is 5.91 Å². The van der Waals surface area contributed by atoms with E-state index in [9.17, 15) is 14.4 Å². The van der Waals surface area contributed by atoms with Gasteiger partial charge in [-0.05, 0) is 37.1 Å². The van der Waals surface area contributed by atoms with E-state index in [1.165, 1.54) is 13.2 Å². The van der Waals surface area contributed by atoms with Crippen LogP contribution < -0.4 is 5.32 Å². The lowest BCUT2D eigenvalue weighted by Crippen LogP contribution is -2.35. The van der Waals surface area contributed by atoms with E-state index < -0.39 is 11.9 Å². The van der Waals surface area contributed by atoms with Crippen molar-refractivity contribution in [3.63, 3.8) is 0 Å². The molecule has 6 heteroatoms. The molecular weight excluding hydrogens is 346 g/mol. The molecule has 142 valence electrons. The predicted molar refractivity (Wildman–Crippen MR) is 100 cm³/mol. The summed E-state index contributed by atoms with van der Waals surface area (Å²) < 4.78 is 9.79. The highest BCUT2D eigenvalue weighted by atomic mass is 16.5. The molecular formula is C21H23NO5. The van der Waals surface area contributed by atoms with Crippen LogP contribution in [0.4, 0.5) is 0 Å². The van der Waals surface area contributed by atoms with Crippen molar-refractivity contribution in [1.82, 2.24) is 5.32 Å². The van der Waals surface area contributed by atoms with Gasteiger partial charge in [-0.2, -0.15) is 0 Å². The molecule has 0 heterocycles. The van der Waals surface area contributed by atoms with Gasteiger partial charge in [0.1, 0.15) is 0 Å². The third-order valence-corrected chi connectivity index (χ3v) is 4.00. The first-order valence-corrected chi connectivity index (χ1v) is 8.72. The number of carbonyl (C=O) groups excluding carboxylic acids is 3. The van der Waals surface area contributed by atoms with Gasteiger partial charge in [0.05, 0.1) is 25.2 Å². The van der Waals surface area contributed by atoms with Crippen LogP contribution >= 0.6 is 0 Å². The van der Waals surface area contributed by atoms with Crippen LogP contribution in [0.25, 0.3) is 0 Å². The van der Waals surface area contributed by atoms with E-state index in [4.69, 9.17) is 4.74 Å². The van der Waals surface area contributed by atoms with Crippen molar-refractivity contribution in [3.05, 3.63) is 71.3 Å². The molecule has 2 aromatic rings. The lowest BCUT2D eigenvalue weighted by molar-refractivity contribution is -0.147. The topological polar surface area (TPSA) is 81.7 Å². The fourth-order valence-electron chi connectivity index (χ4n) is 2.62. The van der Waals surface area contributed by atoms with Gasteiger partial charge in [0.2, 0.25) is 0 Å². The first-order chi connectivity index (χ1) is 13.0. The number of rotatable bonds is 8. The van der Waals surface area contributed by atoms with Crippen LogP contribution in [0.5, 0.6) is 0 Å². The van der Waals surface area contributed by atoms with Gasteiger partial charge < -0.3 is 14.8 Å². The van der Waals surface area contributed by atoms with Crippen molar-refractivity contribution in [2.45, 2.75) is 13.3 Å². The van der Waals surface area contributed by atoms with Crippen LogP contribution in [0, 0.1) is 5.92 Å². The zero-order chi connectivity index (χ0) is 19.6. The highest BCUT2D eigenvalue weighted by Crippen LogP contribution is 2.11. The van der Waals surface area contributed by atoms with E-state index in [1.807, 2.05) is 30.3 Å². The summed E-state index contributed by atoms with van der Waals surface area (Å²) in [5.74, 6) is -1.74. The highest BCUT2D eigenvalue weighted by Gasteiger charge is 2.21. The summed E-state index contributed by atoms with van der Waals surface area (Å²) in [5.41, 5.74) is 1.59. The normalized spacial score (nSPS) is 11.3. The number of carbonyl (C=O) groups is 3. The molecule has 0 aliphatic carbocycles. The molecule has 0 aromatic heterocycles. The average Bonchev–Trinajstić information content (AvgIpc) is 2.71.